The fourth-order valence-corrected chi connectivity index (χ4v) is 6.19. The summed E-state index contributed by atoms with van der Waals surface area (Å²) in [6.45, 7) is 6.07. The highest BCUT2D eigenvalue weighted by molar-refractivity contribution is 5.69. The van der Waals surface area contributed by atoms with Gasteiger partial charge in [0.05, 0.1) is 24.7 Å². The molecule has 3 saturated heterocycles. The van der Waals surface area contributed by atoms with Crippen LogP contribution in [0.25, 0.3) is 0 Å². The van der Waals surface area contributed by atoms with Crippen molar-refractivity contribution >= 4 is 47.5 Å². The highest BCUT2D eigenvalue weighted by Gasteiger charge is 2.55. The van der Waals surface area contributed by atoms with Crippen molar-refractivity contribution in [3.63, 3.8) is 0 Å². The molecule has 1 aromatic carbocycles. The second-order valence-electron chi connectivity index (χ2n) is 12.9. The number of hydrogen-bond acceptors (Lipinski definition) is 22. The summed E-state index contributed by atoms with van der Waals surface area (Å²) in [5, 5.41) is 11.1. The van der Waals surface area contributed by atoms with E-state index in [0.717, 1.165) is 60.6 Å². The van der Waals surface area contributed by atoms with Crippen molar-refractivity contribution in [3.8, 4) is 5.75 Å². The molecular weight excluding hydrogens is 786 g/mol. The predicted molar refractivity (Wildman–Crippen MR) is 182 cm³/mol. The minimum atomic E-state index is -1.65. The smallest absolute Gasteiger partial charge is 0.303 e. The summed E-state index contributed by atoms with van der Waals surface area (Å²) in [5.74, 6) is -5.88. The van der Waals surface area contributed by atoms with Gasteiger partial charge in [0.2, 0.25) is 12.4 Å². The van der Waals surface area contributed by atoms with E-state index >= 15 is 0 Å². The van der Waals surface area contributed by atoms with Crippen molar-refractivity contribution in [1.82, 2.24) is 0 Å². The first kappa shape index (κ1) is 45.2. The van der Waals surface area contributed by atoms with Crippen LogP contribution in [0.2, 0.25) is 0 Å². The Morgan fingerprint density at radius 3 is 1.16 bits per heavy atom. The van der Waals surface area contributed by atoms with E-state index in [9.17, 15) is 43.7 Å². The van der Waals surface area contributed by atoms with Crippen molar-refractivity contribution in [3.05, 3.63) is 34.4 Å². The molecule has 1 aromatic rings. The Kier molecular flexibility index (Phi) is 15.8. The van der Waals surface area contributed by atoms with Crippen molar-refractivity contribution in [1.29, 1.82) is 0 Å². The van der Waals surface area contributed by atoms with Gasteiger partial charge in [0.25, 0.3) is 5.69 Å². The number of benzene rings is 1. The Labute approximate surface area is 329 Å². The van der Waals surface area contributed by atoms with E-state index in [0.29, 0.717) is 0 Å². The van der Waals surface area contributed by atoms with Gasteiger partial charge in [-0.25, -0.2) is 0 Å². The number of nitro benzene ring substituents is 1. The van der Waals surface area contributed by atoms with Crippen LogP contribution in [0.5, 0.6) is 5.75 Å². The SMILES string of the molecule is CC(=O)O[C@@H]1[C@@H](OC(C)=O)[C@H](O[C@@H]2CO[C@@H](O[C@@H]3CO[C@@H](Oc4ccc([N+](=O)[O-])cc4)[C@H](OC(C)=O)[C@H]3OC(C)=O)[C@H](OC(C)=O)[C@H]2OC(C)=O)OC[C@H]1OC(C)=O. The van der Waals surface area contributed by atoms with E-state index in [1.807, 2.05) is 0 Å². The first-order valence-electron chi connectivity index (χ1n) is 17.6. The maximum atomic E-state index is 12.5. The van der Waals surface area contributed by atoms with Gasteiger partial charge in [-0.2, -0.15) is 0 Å². The number of esters is 7. The molecule has 3 fully saturated rings. The maximum Gasteiger partial charge on any atom is 0.303 e. The molecule has 0 aliphatic carbocycles. The molecule has 3 aliphatic heterocycles. The minimum Gasteiger partial charge on any atom is -0.461 e. The molecule has 0 amide bonds. The van der Waals surface area contributed by atoms with Crippen LogP contribution in [0, 0.1) is 10.1 Å². The Bertz CT molecular complexity index is 1680. The van der Waals surface area contributed by atoms with Gasteiger partial charge in [-0.05, 0) is 12.1 Å². The third kappa shape index (κ3) is 12.5. The van der Waals surface area contributed by atoms with Crippen molar-refractivity contribution in [2.24, 2.45) is 0 Å². The van der Waals surface area contributed by atoms with E-state index in [2.05, 4.69) is 0 Å². The van der Waals surface area contributed by atoms with Gasteiger partial charge in [0.15, 0.2) is 49.2 Å². The van der Waals surface area contributed by atoms with E-state index in [1.54, 1.807) is 0 Å². The topological polar surface area (TPSA) is 283 Å². The van der Waals surface area contributed by atoms with E-state index in [-0.39, 0.29) is 11.4 Å². The molecule has 3 aliphatic rings. The van der Waals surface area contributed by atoms with Crippen LogP contribution in [0.1, 0.15) is 48.5 Å². The summed E-state index contributed by atoms with van der Waals surface area (Å²) < 4.78 is 73.7. The standard InChI is InChI=1S/C35H43NO22/c1-15(37)49-24-12-47-34(31(54-20(6)42)27(24)50-16(2)38)58-26-14-48-35(32(55-21(7)43)29(26)52-18(4)40)57-25-13-46-33(30(53-19(5)41)28(25)51-17(3)39)56-23-10-8-22(9-11-23)36(44)45/h8-11,24-35H,12-14H2,1-7H3/t24-,25-,26-,27+,28+,29+,30-,31-,32-,33+,34+,35+/m1/s1. The van der Waals surface area contributed by atoms with Gasteiger partial charge < -0.3 is 61.6 Å². The molecule has 23 nitrogen and oxygen atoms in total. The number of rotatable bonds is 14. The fraction of sp³-hybridized carbons (Fsp3) is 0.629. The molecule has 12 atom stereocenters. The van der Waals surface area contributed by atoms with Crippen LogP contribution in [-0.4, -0.2) is 140 Å². The zero-order valence-electron chi connectivity index (χ0n) is 32.3. The molecule has 0 aromatic heterocycles. The van der Waals surface area contributed by atoms with Crippen LogP contribution in [-0.2, 0) is 90.4 Å². The summed E-state index contributed by atoms with van der Waals surface area (Å²) in [4.78, 5) is 96.2. The Hall–Kier alpha value is -5.49. The zero-order valence-corrected chi connectivity index (χ0v) is 32.3. The molecule has 0 bridgehead atoms. The number of hydrogen-bond donors (Lipinski definition) is 0. The normalized spacial score (nSPS) is 30.7. The number of carbonyl (C=O) groups is 7. The molecule has 58 heavy (non-hydrogen) atoms. The molecule has 0 radical (unpaired) electrons. The van der Waals surface area contributed by atoms with Crippen molar-refractivity contribution < 1.29 is 100 Å². The van der Waals surface area contributed by atoms with E-state index in [4.69, 9.17) is 61.6 Å². The summed E-state index contributed by atoms with van der Waals surface area (Å²) in [5.41, 5.74) is -0.233. The van der Waals surface area contributed by atoms with Gasteiger partial charge in [-0.3, -0.25) is 43.7 Å². The third-order valence-electron chi connectivity index (χ3n) is 8.20. The molecule has 4 rings (SSSR count). The molecule has 0 N–H and O–H groups in total. The number of carbonyl (C=O) groups excluding carboxylic acids is 7. The lowest BCUT2D eigenvalue weighted by molar-refractivity contribution is -0.384. The quantitative estimate of drug-likeness (QED) is 0.106. The Morgan fingerprint density at radius 1 is 0.483 bits per heavy atom. The van der Waals surface area contributed by atoms with Crippen LogP contribution >= 0.6 is 0 Å². The molecule has 23 heteroatoms. The summed E-state index contributed by atoms with van der Waals surface area (Å²) in [6.07, 6.45) is -17.8. The third-order valence-corrected chi connectivity index (χ3v) is 8.20. The number of nitro groups is 1. The van der Waals surface area contributed by atoms with Gasteiger partial charge in [-0.1, -0.05) is 0 Å². The van der Waals surface area contributed by atoms with Gasteiger partial charge in [0.1, 0.15) is 18.0 Å². The fourth-order valence-electron chi connectivity index (χ4n) is 6.19. The van der Waals surface area contributed by atoms with Gasteiger partial charge in [0, 0.05) is 60.6 Å². The number of ether oxygens (including phenoxy) is 13. The maximum absolute atomic E-state index is 12.5. The lowest BCUT2D eigenvalue weighted by Crippen LogP contribution is -2.64. The second kappa shape index (κ2) is 20.3. The lowest BCUT2D eigenvalue weighted by atomic mass is 10.0. The first-order chi connectivity index (χ1) is 27.3. The lowest BCUT2D eigenvalue weighted by Gasteiger charge is -2.46. The van der Waals surface area contributed by atoms with Crippen LogP contribution in [0.3, 0.4) is 0 Å². The number of non-ortho nitro benzene ring substituents is 1. The summed E-state index contributed by atoms with van der Waals surface area (Å²) in [7, 11) is 0. The molecule has 3 heterocycles. The van der Waals surface area contributed by atoms with E-state index in [1.165, 1.54) is 12.1 Å². The highest BCUT2D eigenvalue weighted by Crippen LogP contribution is 2.34. The monoisotopic (exact) mass is 829 g/mol. The highest BCUT2D eigenvalue weighted by atomic mass is 16.8. The second-order valence-corrected chi connectivity index (χ2v) is 12.9. The molecule has 0 saturated carbocycles. The van der Waals surface area contributed by atoms with Crippen LogP contribution < -0.4 is 4.74 Å². The molecule has 0 unspecified atom stereocenters. The van der Waals surface area contributed by atoms with Crippen molar-refractivity contribution in [2.45, 2.75) is 122 Å². The molecule has 0 spiro atoms. The predicted octanol–water partition coefficient (Wildman–Crippen LogP) is 0.335. The van der Waals surface area contributed by atoms with Gasteiger partial charge in [-0.15, -0.1) is 0 Å². The van der Waals surface area contributed by atoms with Crippen molar-refractivity contribution in [2.75, 3.05) is 19.8 Å². The molecular formula is C35H43NO22. The van der Waals surface area contributed by atoms with Crippen LogP contribution in [0.15, 0.2) is 24.3 Å². The summed E-state index contributed by atoms with van der Waals surface area (Å²) >= 11 is 0. The average Bonchev–Trinajstić information content (AvgIpc) is 3.10. The minimum absolute atomic E-state index is 0.0634. The first-order valence-corrected chi connectivity index (χ1v) is 17.6. The summed E-state index contributed by atoms with van der Waals surface area (Å²) in [6, 6.07) is 4.86. The largest absolute Gasteiger partial charge is 0.461 e. The Balaban J connectivity index is 1.63. The average molecular weight is 830 g/mol. The Morgan fingerprint density at radius 2 is 0.793 bits per heavy atom. The zero-order chi connectivity index (χ0) is 42.8. The van der Waals surface area contributed by atoms with Gasteiger partial charge >= 0.3 is 41.8 Å². The molecule has 320 valence electrons. The van der Waals surface area contributed by atoms with E-state index < -0.39 is 140 Å². The van der Waals surface area contributed by atoms with Crippen LogP contribution in [0.4, 0.5) is 5.69 Å². The number of nitrogens with zero attached hydrogens (tertiary/aromatic N) is 1.